The summed E-state index contributed by atoms with van der Waals surface area (Å²) < 4.78 is 11.4. The Balaban J connectivity index is 1.62. The molecule has 1 aromatic rings. The number of hydrogen-bond acceptors (Lipinski definition) is 5. The highest BCUT2D eigenvalue weighted by Gasteiger charge is 2.29. The molecule has 1 atom stereocenters. The van der Waals surface area contributed by atoms with E-state index in [1.54, 1.807) is 4.90 Å². The van der Waals surface area contributed by atoms with Gasteiger partial charge >= 0.3 is 6.09 Å². The van der Waals surface area contributed by atoms with Gasteiger partial charge in [0.2, 0.25) is 0 Å². The summed E-state index contributed by atoms with van der Waals surface area (Å²) in [5.41, 5.74) is 1.87. The molecule has 0 aromatic heterocycles. The predicted molar refractivity (Wildman–Crippen MR) is 98.0 cm³/mol. The minimum Gasteiger partial charge on any atom is -0.444 e. The van der Waals surface area contributed by atoms with Crippen molar-refractivity contribution in [3.05, 3.63) is 29.8 Å². The van der Waals surface area contributed by atoms with Crippen molar-refractivity contribution in [1.29, 1.82) is 0 Å². The fraction of sp³-hybridized carbons (Fsp3) is 0.632. The van der Waals surface area contributed by atoms with Gasteiger partial charge in [0.05, 0.1) is 13.2 Å². The predicted octanol–water partition coefficient (Wildman–Crippen LogP) is 2.40. The number of nitrogens with zero attached hydrogens (tertiary/aromatic N) is 2. The van der Waals surface area contributed by atoms with Gasteiger partial charge in [0.15, 0.2) is 0 Å². The second-order valence-electron chi connectivity index (χ2n) is 7.61. The fourth-order valence-electron chi connectivity index (χ4n) is 3.17. The summed E-state index contributed by atoms with van der Waals surface area (Å²) in [6.07, 6.45) is -0.364. The molecule has 2 aliphatic rings. The van der Waals surface area contributed by atoms with Crippen molar-refractivity contribution in [1.82, 2.24) is 10.2 Å². The third kappa shape index (κ3) is 4.86. The molecule has 0 spiro atoms. The van der Waals surface area contributed by atoms with E-state index in [0.717, 1.165) is 31.7 Å². The maximum atomic E-state index is 12.3. The van der Waals surface area contributed by atoms with Crippen molar-refractivity contribution in [2.24, 2.45) is 0 Å². The smallest absolute Gasteiger partial charge is 0.410 e. The number of amides is 1. The molecule has 1 unspecified atom stereocenters. The van der Waals surface area contributed by atoms with E-state index in [0.29, 0.717) is 19.7 Å². The Morgan fingerprint density at radius 2 is 1.84 bits per heavy atom. The second kappa shape index (κ2) is 7.62. The summed E-state index contributed by atoms with van der Waals surface area (Å²) in [5.74, 6) is 0. The van der Waals surface area contributed by atoms with Gasteiger partial charge in [0.1, 0.15) is 11.7 Å². The van der Waals surface area contributed by atoms with Crippen LogP contribution in [-0.4, -0.2) is 62.5 Å². The maximum Gasteiger partial charge on any atom is 0.410 e. The van der Waals surface area contributed by atoms with Crippen LogP contribution in [-0.2, 0) is 9.47 Å². The maximum absolute atomic E-state index is 12.3. The van der Waals surface area contributed by atoms with E-state index in [9.17, 15) is 4.79 Å². The minimum atomic E-state index is -0.476. The Morgan fingerprint density at radius 1 is 1.16 bits per heavy atom. The van der Waals surface area contributed by atoms with E-state index in [1.807, 2.05) is 20.8 Å². The van der Waals surface area contributed by atoms with E-state index in [2.05, 4.69) is 34.5 Å². The van der Waals surface area contributed by atoms with Gasteiger partial charge < -0.3 is 24.6 Å². The number of nitrogens with one attached hydrogen (secondary N) is 1. The molecule has 0 bridgehead atoms. The number of anilines is 1. The number of ether oxygens (including phenoxy) is 2. The molecule has 0 radical (unpaired) electrons. The summed E-state index contributed by atoms with van der Waals surface area (Å²) in [6, 6.07) is 8.52. The minimum absolute atomic E-state index is 0.0988. The molecule has 2 fully saturated rings. The number of carbonyl (C=O) groups is 1. The van der Waals surface area contributed by atoms with Crippen LogP contribution in [0.25, 0.3) is 0 Å². The second-order valence-corrected chi connectivity index (χ2v) is 7.61. The van der Waals surface area contributed by atoms with E-state index in [4.69, 9.17) is 9.47 Å². The van der Waals surface area contributed by atoms with Crippen LogP contribution in [0.5, 0.6) is 0 Å². The van der Waals surface area contributed by atoms with Gasteiger partial charge in [0, 0.05) is 38.4 Å². The van der Waals surface area contributed by atoms with Gasteiger partial charge in [-0.15, -0.1) is 0 Å². The van der Waals surface area contributed by atoms with Crippen molar-refractivity contribution in [2.45, 2.75) is 32.5 Å². The van der Waals surface area contributed by atoms with Gasteiger partial charge in [-0.3, -0.25) is 0 Å². The van der Waals surface area contributed by atoms with Crippen LogP contribution in [0.2, 0.25) is 0 Å². The Morgan fingerprint density at radius 3 is 2.48 bits per heavy atom. The van der Waals surface area contributed by atoms with Crippen LogP contribution >= 0.6 is 0 Å². The number of rotatable bonds is 2. The average Bonchev–Trinajstić information content (AvgIpc) is 2.61. The number of hydrogen-bond donors (Lipinski definition) is 1. The lowest BCUT2D eigenvalue weighted by molar-refractivity contribution is -0.0432. The molecule has 6 nitrogen and oxygen atoms in total. The van der Waals surface area contributed by atoms with Crippen molar-refractivity contribution in [3.63, 3.8) is 0 Å². The summed E-state index contributed by atoms with van der Waals surface area (Å²) in [5, 5.41) is 3.37. The van der Waals surface area contributed by atoms with Crippen LogP contribution < -0.4 is 10.2 Å². The van der Waals surface area contributed by atoms with Crippen LogP contribution in [0.4, 0.5) is 10.5 Å². The standard InChI is InChI=1S/C19H29N3O3/c1-19(2,3)25-18(23)22-12-13-24-17(14-22)15-4-6-16(7-5-15)21-10-8-20-9-11-21/h4-7,17,20H,8-14H2,1-3H3. The normalized spacial score (nSPS) is 22.0. The molecule has 2 heterocycles. The van der Waals surface area contributed by atoms with Crippen LogP contribution in [0.3, 0.4) is 0 Å². The first-order valence-electron chi connectivity index (χ1n) is 9.07. The zero-order valence-corrected chi connectivity index (χ0v) is 15.5. The largest absolute Gasteiger partial charge is 0.444 e. The third-order valence-electron chi connectivity index (χ3n) is 4.47. The van der Waals surface area contributed by atoms with Gasteiger partial charge in [0.25, 0.3) is 0 Å². The molecule has 6 heteroatoms. The molecule has 138 valence electrons. The molecule has 1 aromatic carbocycles. The van der Waals surface area contributed by atoms with Gasteiger partial charge in [-0.05, 0) is 38.5 Å². The van der Waals surface area contributed by atoms with Crippen molar-refractivity contribution < 1.29 is 14.3 Å². The number of piperazine rings is 1. The summed E-state index contributed by atoms with van der Waals surface area (Å²) in [4.78, 5) is 16.4. The molecule has 2 aliphatic heterocycles. The van der Waals surface area contributed by atoms with E-state index in [-0.39, 0.29) is 12.2 Å². The number of carbonyl (C=O) groups excluding carboxylic acids is 1. The van der Waals surface area contributed by atoms with Crippen LogP contribution in [0.1, 0.15) is 32.4 Å². The Bertz CT molecular complexity index is 577. The topological polar surface area (TPSA) is 54.0 Å². The first kappa shape index (κ1) is 18.0. The average molecular weight is 347 g/mol. The monoisotopic (exact) mass is 347 g/mol. The van der Waals surface area contributed by atoms with Crippen molar-refractivity contribution >= 4 is 11.8 Å². The summed E-state index contributed by atoms with van der Waals surface area (Å²) in [7, 11) is 0. The fourth-order valence-corrected chi connectivity index (χ4v) is 3.17. The SMILES string of the molecule is CC(C)(C)OC(=O)N1CCOC(c2ccc(N3CCNCC3)cc2)C1. The van der Waals surface area contributed by atoms with Gasteiger partial charge in [-0.2, -0.15) is 0 Å². The third-order valence-corrected chi connectivity index (χ3v) is 4.47. The molecule has 25 heavy (non-hydrogen) atoms. The molecular formula is C19H29N3O3. The molecular weight excluding hydrogens is 318 g/mol. The van der Waals surface area contributed by atoms with Crippen LogP contribution in [0, 0.1) is 0 Å². The number of benzene rings is 1. The lowest BCUT2D eigenvalue weighted by Gasteiger charge is -2.34. The Labute approximate surface area is 150 Å². The van der Waals surface area contributed by atoms with E-state index >= 15 is 0 Å². The number of morpholine rings is 1. The highest BCUT2D eigenvalue weighted by Crippen LogP contribution is 2.26. The van der Waals surface area contributed by atoms with Crippen molar-refractivity contribution in [2.75, 3.05) is 50.8 Å². The first-order chi connectivity index (χ1) is 11.9. The summed E-state index contributed by atoms with van der Waals surface area (Å²) in [6.45, 7) is 11.4. The van der Waals surface area contributed by atoms with Crippen molar-refractivity contribution in [3.8, 4) is 0 Å². The van der Waals surface area contributed by atoms with Gasteiger partial charge in [-0.1, -0.05) is 12.1 Å². The highest BCUT2D eigenvalue weighted by molar-refractivity contribution is 5.68. The zero-order valence-electron chi connectivity index (χ0n) is 15.5. The molecule has 3 rings (SSSR count). The molecule has 1 N–H and O–H groups in total. The van der Waals surface area contributed by atoms with Gasteiger partial charge in [-0.25, -0.2) is 4.79 Å². The van der Waals surface area contributed by atoms with E-state index in [1.165, 1.54) is 5.69 Å². The lowest BCUT2D eigenvalue weighted by atomic mass is 10.1. The molecule has 2 saturated heterocycles. The Kier molecular flexibility index (Phi) is 5.49. The van der Waals surface area contributed by atoms with E-state index < -0.39 is 5.60 Å². The molecule has 0 saturated carbocycles. The highest BCUT2D eigenvalue weighted by atomic mass is 16.6. The Hall–Kier alpha value is -1.79. The molecule has 1 amide bonds. The van der Waals surface area contributed by atoms with Crippen LogP contribution in [0.15, 0.2) is 24.3 Å². The quantitative estimate of drug-likeness (QED) is 0.890. The summed E-state index contributed by atoms with van der Waals surface area (Å²) >= 11 is 0. The zero-order chi connectivity index (χ0) is 17.9. The molecule has 0 aliphatic carbocycles. The first-order valence-corrected chi connectivity index (χ1v) is 9.07. The lowest BCUT2D eigenvalue weighted by Crippen LogP contribution is -2.44.